The summed E-state index contributed by atoms with van der Waals surface area (Å²) in [6.07, 6.45) is 0.797. The number of amides is 1. The van der Waals surface area contributed by atoms with Crippen LogP contribution in [0, 0.1) is 20.8 Å². The number of carbonyl (C=O) groups excluding carboxylic acids is 1. The molecule has 2 heterocycles. The van der Waals surface area contributed by atoms with Gasteiger partial charge in [0.2, 0.25) is 11.1 Å². The number of aromatic nitrogens is 4. The van der Waals surface area contributed by atoms with Crippen LogP contribution in [0.3, 0.4) is 0 Å². The first-order valence-corrected chi connectivity index (χ1v) is 11.2. The lowest BCUT2D eigenvalue weighted by Crippen LogP contribution is -2.24. The van der Waals surface area contributed by atoms with Crippen LogP contribution in [0.1, 0.15) is 33.6 Å². The largest absolute Gasteiger partial charge is 0.351 e. The zero-order chi connectivity index (χ0) is 21.8. The number of nitrogens with zero attached hydrogens (tertiary/aromatic N) is 4. The highest BCUT2D eigenvalue weighted by Crippen LogP contribution is 2.21. The summed E-state index contributed by atoms with van der Waals surface area (Å²) in [4.78, 5) is 21.4. The fraction of sp³-hybridized carbons (Fsp3) is 0.250. The van der Waals surface area contributed by atoms with Crippen molar-refractivity contribution in [3.63, 3.8) is 0 Å². The fourth-order valence-electron chi connectivity index (χ4n) is 3.39. The molecule has 1 N–H and O–H groups in total. The Kier molecular flexibility index (Phi) is 6.32. The Morgan fingerprint density at radius 1 is 0.968 bits per heavy atom. The number of nitrogens with one attached hydrogen (secondary N) is 1. The van der Waals surface area contributed by atoms with Crippen molar-refractivity contribution in [2.24, 2.45) is 0 Å². The topological polar surface area (TPSA) is 72.2 Å². The van der Waals surface area contributed by atoms with Gasteiger partial charge < -0.3 is 5.32 Å². The molecule has 1 amide bonds. The number of rotatable bonds is 7. The highest BCUT2D eigenvalue weighted by atomic mass is 32.2. The Morgan fingerprint density at radius 2 is 1.71 bits per heavy atom. The Labute approximate surface area is 186 Å². The predicted octanol–water partition coefficient (Wildman–Crippen LogP) is 4.05. The van der Waals surface area contributed by atoms with Crippen LogP contribution in [-0.4, -0.2) is 31.2 Å². The zero-order valence-electron chi connectivity index (χ0n) is 17.9. The maximum Gasteiger partial charge on any atom is 0.253 e. The van der Waals surface area contributed by atoms with E-state index < -0.39 is 0 Å². The van der Waals surface area contributed by atoms with Gasteiger partial charge in [-0.15, -0.1) is 5.10 Å². The van der Waals surface area contributed by atoms with Crippen molar-refractivity contribution in [1.29, 1.82) is 0 Å². The van der Waals surface area contributed by atoms with Gasteiger partial charge in [-0.05, 0) is 37.5 Å². The SMILES string of the molecule is Cc1ccc(Cc2c(C)nc3nc(SCC(=O)NCc4ccccc4)nn3c2C)cc1. The van der Waals surface area contributed by atoms with Gasteiger partial charge in [0, 0.05) is 24.4 Å². The first-order chi connectivity index (χ1) is 15.0. The summed E-state index contributed by atoms with van der Waals surface area (Å²) >= 11 is 1.32. The second-order valence-corrected chi connectivity index (χ2v) is 8.52. The molecular formula is C24H25N5OS. The van der Waals surface area contributed by atoms with Crippen LogP contribution in [0.15, 0.2) is 59.8 Å². The van der Waals surface area contributed by atoms with Crippen molar-refractivity contribution >= 4 is 23.4 Å². The van der Waals surface area contributed by atoms with Crippen molar-refractivity contribution in [3.8, 4) is 0 Å². The molecule has 4 rings (SSSR count). The van der Waals surface area contributed by atoms with Gasteiger partial charge in [0.05, 0.1) is 5.75 Å². The molecule has 4 aromatic rings. The average Bonchev–Trinajstić information content (AvgIpc) is 3.19. The van der Waals surface area contributed by atoms with E-state index in [-0.39, 0.29) is 11.7 Å². The number of hydrogen-bond acceptors (Lipinski definition) is 5. The lowest BCUT2D eigenvalue weighted by atomic mass is 10.0. The average molecular weight is 432 g/mol. The van der Waals surface area contributed by atoms with Crippen molar-refractivity contribution < 1.29 is 4.79 Å². The Morgan fingerprint density at radius 3 is 2.45 bits per heavy atom. The van der Waals surface area contributed by atoms with Crippen LogP contribution in [0.5, 0.6) is 0 Å². The van der Waals surface area contributed by atoms with Crippen LogP contribution in [0.25, 0.3) is 5.78 Å². The molecule has 6 nitrogen and oxygen atoms in total. The second-order valence-electron chi connectivity index (χ2n) is 7.58. The quantitative estimate of drug-likeness (QED) is 0.447. The van der Waals surface area contributed by atoms with Crippen molar-refractivity contribution in [1.82, 2.24) is 24.9 Å². The summed E-state index contributed by atoms with van der Waals surface area (Å²) in [7, 11) is 0. The monoisotopic (exact) mass is 431 g/mol. The molecule has 0 radical (unpaired) electrons. The van der Waals surface area contributed by atoms with Gasteiger partial charge >= 0.3 is 0 Å². The van der Waals surface area contributed by atoms with E-state index in [1.54, 1.807) is 4.52 Å². The first-order valence-electron chi connectivity index (χ1n) is 10.2. The second kappa shape index (κ2) is 9.31. The minimum Gasteiger partial charge on any atom is -0.351 e. The molecule has 2 aromatic carbocycles. The maximum atomic E-state index is 12.2. The highest BCUT2D eigenvalue weighted by molar-refractivity contribution is 7.99. The molecule has 0 aliphatic heterocycles. The van der Waals surface area contributed by atoms with E-state index in [4.69, 9.17) is 0 Å². The van der Waals surface area contributed by atoms with E-state index in [0.29, 0.717) is 17.5 Å². The van der Waals surface area contributed by atoms with Gasteiger partial charge in [-0.2, -0.15) is 4.98 Å². The van der Waals surface area contributed by atoms with Gasteiger partial charge in [-0.1, -0.05) is 71.9 Å². The summed E-state index contributed by atoms with van der Waals surface area (Å²) in [6.45, 7) is 6.65. The van der Waals surface area contributed by atoms with E-state index in [9.17, 15) is 4.79 Å². The number of thioether (sulfide) groups is 1. The molecule has 7 heteroatoms. The number of fused-ring (bicyclic) bond motifs is 1. The predicted molar refractivity (Wildman–Crippen MR) is 123 cm³/mol. The van der Waals surface area contributed by atoms with Gasteiger partial charge in [0.25, 0.3) is 5.78 Å². The van der Waals surface area contributed by atoms with Crippen molar-refractivity contribution in [2.75, 3.05) is 5.75 Å². The van der Waals surface area contributed by atoms with E-state index in [0.717, 1.165) is 28.9 Å². The number of carbonyl (C=O) groups is 1. The summed E-state index contributed by atoms with van der Waals surface area (Å²) in [5.41, 5.74) is 6.69. The lowest BCUT2D eigenvalue weighted by molar-refractivity contribution is -0.118. The molecule has 0 aliphatic carbocycles. The molecule has 0 unspecified atom stereocenters. The standard InChI is InChI=1S/C24H25N5OS/c1-16-9-11-19(12-10-16)13-21-17(2)26-23-27-24(28-29(23)18(21)3)31-15-22(30)25-14-20-7-5-4-6-8-20/h4-12H,13-15H2,1-3H3,(H,25,30). The molecule has 2 aromatic heterocycles. The molecule has 158 valence electrons. The number of aryl methyl sites for hydroxylation is 3. The van der Waals surface area contributed by atoms with Crippen molar-refractivity contribution in [3.05, 3.63) is 88.2 Å². The van der Waals surface area contributed by atoms with E-state index in [2.05, 4.69) is 51.6 Å². The Balaban J connectivity index is 1.44. The molecular weight excluding hydrogens is 406 g/mol. The molecule has 0 fully saturated rings. The van der Waals surface area contributed by atoms with Crippen LogP contribution in [0.4, 0.5) is 0 Å². The van der Waals surface area contributed by atoms with Crippen LogP contribution < -0.4 is 5.32 Å². The minimum atomic E-state index is -0.0476. The molecule has 0 saturated carbocycles. The third-order valence-corrected chi connectivity index (χ3v) is 6.03. The van der Waals surface area contributed by atoms with Crippen LogP contribution in [0.2, 0.25) is 0 Å². The summed E-state index contributed by atoms with van der Waals surface area (Å²) in [5, 5.41) is 8.07. The Hall–Kier alpha value is -3.19. The highest BCUT2D eigenvalue weighted by Gasteiger charge is 2.15. The van der Waals surface area contributed by atoms with E-state index in [1.807, 2.05) is 44.2 Å². The third-order valence-electron chi connectivity index (χ3n) is 5.20. The minimum absolute atomic E-state index is 0.0476. The van der Waals surface area contributed by atoms with Crippen LogP contribution in [-0.2, 0) is 17.8 Å². The lowest BCUT2D eigenvalue weighted by Gasteiger charge is -2.10. The molecule has 31 heavy (non-hydrogen) atoms. The van der Waals surface area contributed by atoms with Crippen molar-refractivity contribution in [2.45, 2.75) is 38.9 Å². The van der Waals surface area contributed by atoms with Gasteiger partial charge in [-0.25, -0.2) is 9.50 Å². The smallest absolute Gasteiger partial charge is 0.253 e. The number of hydrogen-bond donors (Lipinski definition) is 1. The molecule has 0 atom stereocenters. The molecule has 0 bridgehead atoms. The molecule has 0 saturated heterocycles. The first kappa shape index (κ1) is 21.1. The van der Waals surface area contributed by atoms with Gasteiger partial charge in [0.15, 0.2) is 0 Å². The summed E-state index contributed by atoms with van der Waals surface area (Å²) in [6, 6.07) is 18.4. The van der Waals surface area contributed by atoms with E-state index in [1.165, 1.54) is 22.9 Å². The van der Waals surface area contributed by atoms with Crippen LogP contribution >= 0.6 is 11.8 Å². The maximum absolute atomic E-state index is 12.2. The fourth-order valence-corrected chi connectivity index (χ4v) is 4.04. The molecule has 0 spiro atoms. The zero-order valence-corrected chi connectivity index (χ0v) is 18.7. The number of benzene rings is 2. The third kappa shape index (κ3) is 5.11. The van der Waals surface area contributed by atoms with Gasteiger partial charge in [-0.3, -0.25) is 4.79 Å². The summed E-state index contributed by atoms with van der Waals surface area (Å²) in [5.74, 6) is 0.779. The molecule has 0 aliphatic rings. The summed E-state index contributed by atoms with van der Waals surface area (Å²) < 4.78 is 1.78. The van der Waals surface area contributed by atoms with Gasteiger partial charge in [0.1, 0.15) is 0 Å². The normalized spacial score (nSPS) is 11.1. The van der Waals surface area contributed by atoms with E-state index >= 15 is 0 Å². The Bertz CT molecular complexity index is 1200.